The van der Waals surface area contributed by atoms with Gasteiger partial charge in [0.2, 0.25) is 29.5 Å². The molecule has 0 aromatic carbocycles. The monoisotopic (exact) mass is 996 g/mol. The minimum atomic E-state index is -1.62. The third-order valence-corrected chi connectivity index (χ3v) is 12.7. The van der Waals surface area contributed by atoms with Crippen LogP contribution in [0.5, 0.6) is 0 Å². The van der Waals surface area contributed by atoms with Crippen molar-refractivity contribution in [2.24, 2.45) is 17.8 Å². The van der Waals surface area contributed by atoms with E-state index in [0.717, 1.165) is 44.9 Å². The Labute approximate surface area is 411 Å². The molecule has 4 atom stereocenters. The Hall–Kier alpha value is -5.63. The van der Waals surface area contributed by atoms with Gasteiger partial charge in [0.05, 0.1) is 0 Å². The van der Waals surface area contributed by atoms with Crippen molar-refractivity contribution in [2.75, 3.05) is 6.54 Å². The molecule has 1 rings (SSSR count). The minimum Gasteiger partial charge on any atom is -0.481 e. The number of hydrogen-bond acceptors (Lipinski definition) is 11. The number of rotatable bonds is 41. The summed E-state index contributed by atoms with van der Waals surface area (Å²) in [7, 11) is 0. The molecule has 10 N–H and O–H groups in total. The maximum Gasteiger partial charge on any atom is 0.326 e. The van der Waals surface area contributed by atoms with E-state index < -0.39 is 116 Å². The molecular formula is C49H81N5O16. The Balaban J connectivity index is 2.35. The van der Waals surface area contributed by atoms with E-state index in [1.807, 2.05) is 0 Å². The van der Waals surface area contributed by atoms with Crippen molar-refractivity contribution in [1.82, 2.24) is 26.6 Å². The Kier molecular flexibility index (Phi) is 32.4. The van der Waals surface area contributed by atoms with Crippen LogP contribution in [0.2, 0.25) is 0 Å². The molecule has 0 aromatic heterocycles. The Morgan fingerprint density at radius 3 is 1.07 bits per heavy atom. The lowest BCUT2D eigenvalue weighted by Gasteiger charge is -2.28. The van der Waals surface area contributed by atoms with Crippen LogP contribution in [0.3, 0.4) is 0 Å². The summed E-state index contributed by atoms with van der Waals surface area (Å²) < 4.78 is 0. The number of carbonyl (C=O) groups is 11. The number of nitrogens with one attached hydrogen (secondary N) is 5. The lowest BCUT2D eigenvalue weighted by atomic mass is 9.81. The van der Waals surface area contributed by atoms with Crippen LogP contribution < -0.4 is 26.6 Å². The second kappa shape index (κ2) is 36.3. The van der Waals surface area contributed by atoms with Crippen LogP contribution in [-0.2, 0) is 52.7 Å². The topological polar surface area (TPSA) is 349 Å². The smallest absolute Gasteiger partial charge is 0.326 e. The largest absolute Gasteiger partial charge is 0.481 e. The zero-order valence-corrected chi connectivity index (χ0v) is 41.3. The van der Waals surface area contributed by atoms with E-state index in [1.54, 1.807) is 13.8 Å². The Morgan fingerprint density at radius 1 is 0.400 bits per heavy atom. The van der Waals surface area contributed by atoms with E-state index in [4.69, 9.17) is 5.11 Å². The van der Waals surface area contributed by atoms with Crippen molar-refractivity contribution in [3.05, 3.63) is 0 Å². The van der Waals surface area contributed by atoms with Crippen LogP contribution >= 0.6 is 0 Å². The first-order valence-electron chi connectivity index (χ1n) is 25.3. The van der Waals surface area contributed by atoms with Crippen molar-refractivity contribution < 1.29 is 78.3 Å². The molecule has 70 heavy (non-hydrogen) atoms. The van der Waals surface area contributed by atoms with Crippen molar-refractivity contribution in [3.8, 4) is 0 Å². The zero-order chi connectivity index (χ0) is 52.4. The highest BCUT2D eigenvalue weighted by atomic mass is 16.4. The number of Topliss-reactive ketones (excluding diaryl/α,β-unsaturated/α-hetero) is 1. The van der Waals surface area contributed by atoms with Crippen LogP contribution in [-0.4, -0.2) is 121 Å². The molecule has 1 aliphatic rings. The van der Waals surface area contributed by atoms with E-state index >= 15 is 0 Å². The van der Waals surface area contributed by atoms with Gasteiger partial charge in [-0.15, -0.1) is 0 Å². The van der Waals surface area contributed by atoms with Crippen LogP contribution in [0.15, 0.2) is 0 Å². The highest BCUT2D eigenvalue weighted by Crippen LogP contribution is 2.29. The van der Waals surface area contributed by atoms with Gasteiger partial charge in [-0.05, 0) is 70.1 Å². The normalized spacial score (nSPS) is 16.2. The van der Waals surface area contributed by atoms with Gasteiger partial charge in [-0.3, -0.25) is 33.6 Å². The van der Waals surface area contributed by atoms with E-state index in [2.05, 4.69) is 26.6 Å². The van der Waals surface area contributed by atoms with Gasteiger partial charge in [0.1, 0.15) is 30.0 Å². The Morgan fingerprint density at radius 2 is 0.729 bits per heavy atom. The molecule has 0 spiro atoms. The molecule has 0 aliphatic heterocycles. The van der Waals surface area contributed by atoms with Gasteiger partial charge in [-0.25, -0.2) is 19.2 Å². The van der Waals surface area contributed by atoms with Gasteiger partial charge in [0.25, 0.3) is 0 Å². The predicted octanol–water partition coefficient (Wildman–Crippen LogP) is 4.86. The predicted molar refractivity (Wildman–Crippen MR) is 255 cm³/mol. The minimum absolute atomic E-state index is 0.000200. The van der Waals surface area contributed by atoms with Crippen LogP contribution in [0.1, 0.15) is 194 Å². The Bertz CT molecular complexity index is 1700. The lowest BCUT2D eigenvalue weighted by molar-refractivity contribution is -0.144. The number of unbranched alkanes of at least 4 members (excludes halogenated alkanes) is 13. The fourth-order valence-electron chi connectivity index (χ4n) is 8.18. The molecule has 1 aliphatic carbocycles. The molecule has 0 saturated heterocycles. The number of aliphatic carboxylic acids is 5. The third-order valence-electron chi connectivity index (χ3n) is 12.7. The summed E-state index contributed by atoms with van der Waals surface area (Å²) in [5.41, 5.74) is 0. The fraction of sp³-hybridized carbons (Fsp3) is 0.776. The summed E-state index contributed by atoms with van der Waals surface area (Å²) in [6.07, 6.45) is 15.4. The molecule has 0 unspecified atom stereocenters. The molecule has 1 saturated carbocycles. The van der Waals surface area contributed by atoms with Crippen LogP contribution in [0, 0.1) is 17.8 Å². The quantitative estimate of drug-likeness (QED) is 0.0366. The molecule has 1 fully saturated rings. The van der Waals surface area contributed by atoms with Crippen molar-refractivity contribution >= 4 is 65.2 Å². The first kappa shape index (κ1) is 62.4. The molecule has 0 heterocycles. The number of carboxylic acid groups (broad SMARTS) is 5. The summed E-state index contributed by atoms with van der Waals surface area (Å²) in [5.74, 6) is -10.4. The summed E-state index contributed by atoms with van der Waals surface area (Å²) >= 11 is 0. The van der Waals surface area contributed by atoms with E-state index in [0.29, 0.717) is 38.6 Å². The van der Waals surface area contributed by atoms with Gasteiger partial charge in [-0.2, -0.15) is 0 Å². The van der Waals surface area contributed by atoms with Gasteiger partial charge in [-0.1, -0.05) is 90.9 Å². The summed E-state index contributed by atoms with van der Waals surface area (Å²) in [6, 6.07) is -6.06. The molecule has 21 heteroatoms. The number of amides is 5. The zero-order valence-electron chi connectivity index (χ0n) is 41.3. The summed E-state index contributed by atoms with van der Waals surface area (Å²) in [6.45, 7) is 3.79. The van der Waals surface area contributed by atoms with E-state index in [9.17, 15) is 73.2 Å². The average molecular weight is 996 g/mol. The third kappa shape index (κ3) is 30.1. The maximum atomic E-state index is 13.0. The van der Waals surface area contributed by atoms with Crippen LogP contribution in [0.4, 0.5) is 0 Å². The second-order valence-corrected chi connectivity index (χ2v) is 18.9. The first-order chi connectivity index (χ1) is 33.2. The molecule has 0 bridgehead atoms. The van der Waals surface area contributed by atoms with Gasteiger partial charge < -0.3 is 52.1 Å². The average Bonchev–Trinajstić information content (AvgIpc) is 3.30. The van der Waals surface area contributed by atoms with Crippen LogP contribution in [0.25, 0.3) is 0 Å². The number of carboxylic acids is 5. The fourth-order valence-corrected chi connectivity index (χ4v) is 8.18. The van der Waals surface area contributed by atoms with E-state index in [-0.39, 0.29) is 49.2 Å². The van der Waals surface area contributed by atoms with Gasteiger partial charge >= 0.3 is 29.8 Å². The summed E-state index contributed by atoms with van der Waals surface area (Å²) in [5, 5.41) is 59.2. The number of ketones is 1. The van der Waals surface area contributed by atoms with Crippen molar-refractivity contribution in [1.29, 1.82) is 0 Å². The molecule has 398 valence electrons. The van der Waals surface area contributed by atoms with Crippen molar-refractivity contribution in [2.45, 2.75) is 218 Å². The standard InChI is InChI=1S/C49H81N5O16/c1-32(2)39(55)27-23-35(46(63)64)51-41(57)28-24-36(47(65)66)52-42(58)29-25-37(48(67)68)53-43(59)30-26-38(49(69)70)54-45(62)34-21-19-33(20-22-34)31-50-40(56)17-15-13-11-9-7-5-3-4-6-8-10-12-14-16-18-44(60)61/h32-38H,3-31H2,1-2H3,(H,50,56)(H,51,57)(H,52,58)(H,53,59)(H,54,62)(H,60,61)(H,63,64)(H,65,66)(H,67,68)(H,69,70)/t33-,34-,35-,36-,37-,38-/m0/s1. The second-order valence-electron chi connectivity index (χ2n) is 18.9. The number of hydrogen-bond donors (Lipinski definition) is 10. The van der Waals surface area contributed by atoms with Gasteiger partial charge in [0, 0.05) is 56.9 Å². The first-order valence-corrected chi connectivity index (χ1v) is 25.3. The molecular weight excluding hydrogens is 915 g/mol. The van der Waals surface area contributed by atoms with Crippen molar-refractivity contribution in [3.63, 3.8) is 0 Å². The van der Waals surface area contributed by atoms with E-state index in [1.165, 1.54) is 44.9 Å². The molecule has 5 amide bonds. The number of carbonyl (C=O) groups excluding carboxylic acids is 6. The van der Waals surface area contributed by atoms with Gasteiger partial charge in [0.15, 0.2) is 0 Å². The maximum absolute atomic E-state index is 13.0. The lowest BCUT2D eigenvalue weighted by Crippen LogP contribution is -2.46. The highest BCUT2D eigenvalue weighted by molar-refractivity contribution is 5.89. The molecule has 21 nitrogen and oxygen atoms in total. The molecule has 0 radical (unpaired) electrons. The SMILES string of the molecule is CC(C)C(=O)CC[C@H](NC(=O)CC[C@H](NC(=O)CC[C@H](NC(=O)CC[C@H](NC(=O)[C@H]1CC[C@H](CNC(=O)CCCCCCCCCCCCCCCCC(=O)O)CC1)C(=O)O)C(=O)O)C(=O)O)C(=O)O. The summed E-state index contributed by atoms with van der Waals surface area (Å²) in [4.78, 5) is 133. The highest BCUT2D eigenvalue weighted by Gasteiger charge is 2.31. The molecule has 0 aromatic rings.